The molecule has 0 spiro atoms. The van der Waals surface area contributed by atoms with Gasteiger partial charge in [0.25, 0.3) is 0 Å². The van der Waals surface area contributed by atoms with Crippen molar-refractivity contribution in [3.05, 3.63) is 64.1 Å². The normalized spacial score (nSPS) is 12.3. The molecule has 0 bridgehead atoms. The zero-order valence-electron chi connectivity index (χ0n) is 20.5. The first kappa shape index (κ1) is 28.9. The number of nitrogens with one attached hydrogen (secondary N) is 1. The minimum Gasteiger partial charge on any atom is -0.352 e. The average molecular weight is 543 g/mol. The lowest BCUT2D eigenvalue weighted by Gasteiger charge is -2.31. The number of carbonyl (C=O) groups is 2. The van der Waals surface area contributed by atoms with Crippen molar-refractivity contribution in [1.82, 2.24) is 10.2 Å². The molecule has 0 heterocycles. The van der Waals surface area contributed by atoms with Crippen LogP contribution in [0.2, 0.25) is 10.0 Å². The standard InChI is InChI=1S/C25H33Cl2N3O4S/c1-5-23(25(32)28-18(2)3)29(17-19-11-13-20(26)14-12-19)24(31)10-7-15-30(35(4,33)34)22-9-6-8-21(27)16-22/h6,8-9,11-14,16,18,23H,5,7,10,15,17H2,1-4H3,(H,28,32)/t23-/m1/s1. The fourth-order valence-corrected chi connectivity index (χ4v) is 4.99. The molecule has 0 aliphatic heterocycles. The van der Waals surface area contributed by atoms with Crippen LogP contribution >= 0.6 is 23.2 Å². The summed E-state index contributed by atoms with van der Waals surface area (Å²) in [6.45, 7) is 5.94. The van der Waals surface area contributed by atoms with Crippen LogP contribution in [0.15, 0.2) is 48.5 Å². The van der Waals surface area contributed by atoms with Gasteiger partial charge in [0, 0.05) is 35.6 Å². The van der Waals surface area contributed by atoms with Crippen molar-refractivity contribution in [2.24, 2.45) is 0 Å². The lowest BCUT2D eigenvalue weighted by atomic mass is 10.1. The Morgan fingerprint density at radius 2 is 1.69 bits per heavy atom. The van der Waals surface area contributed by atoms with Crippen molar-refractivity contribution in [1.29, 1.82) is 0 Å². The number of hydrogen-bond donors (Lipinski definition) is 1. The van der Waals surface area contributed by atoms with Crippen LogP contribution in [0.3, 0.4) is 0 Å². The number of carbonyl (C=O) groups excluding carboxylic acids is 2. The van der Waals surface area contributed by atoms with E-state index in [9.17, 15) is 18.0 Å². The van der Waals surface area contributed by atoms with Crippen LogP contribution < -0.4 is 9.62 Å². The Morgan fingerprint density at radius 3 is 2.23 bits per heavy atom. The van der Waals surface area contributed by atoms with Crippen LogP contribution in [-0.2, 0) is 26.2 Å². The Kier molecular flexibility index (Phi) is 10.9. The molecule has 35 heavy (non-hydrogen) atoms. The van der Waals surface area contributed by atoms with E-state index < -0.39 is 16.1 Å². The van der Waals surface area contributed by atoms with Crippen molar-refractivity contribution >= 4 is 50.7 Å². The molecule has 0 radical (unpaired) electrons. The summed E-state index contributed by atoms with van der Waals surface area (Å²) in [7, 11) is -3.58. The Hall–Kier alpha value is -2.29. The molecule has 0 saturated heterocycles. The molecular weight excluding hydrogens is 509 g/mol. The zero-order valence-corrected chi connectivity index (χ0v) is 22.8. The smallest absolute Gasteiger partial charge is 0.243 e. The molecule has 1 N–H and O–H groups in total. The fraction of sp³-hybridized carbons (Fsp3) is 0.440. The number of sulfonamides is 1. The van der Waals surface area contributed by atoms with Gasteiger partial charge in [-0.2, -0.15) is 0 Å². The van der Waals surface area contributed by atoms with Gasteiger partial charge < -0.3 is 10.2 Å². The number of rotatable bonds is 12. The first-order chi connectivity index (χ1) is 16.4. The second-order valence-corrected chi connectivity index (χ2v) is 11.4. The molecule has 0 aliphatic carbocycles. The van der Waals surface area contributed by atoms with E-state index >= 15 is 0 Å². The van der Waals surface area contributed by atoms with Crippen LogP contribution in [-0.4, -0.2) is 50.0 Å². The summed E-state index contributed by atoms with van der Waals surface area (Å²) in [4.78, 5) is 27.8. The Morgan fingerprint density at radius 1 is 1.03 bits per heavy atom. The van der Waals surface area contributed by atoms with Crippen molar-refractivity contribution in [3.63, 3.8) is 0 Å². The summed E-state index contributed by atoms with van der Waals surface area (Å²) in [6.07, 6.45) is 1.91. The van der Waals surface area contributed by atoms with E-state index in [1.165, 1.54) is 4.31 Å². The first-order valence-electron chi connectivity index (χ1n) is 11.5. The molecule has 10 heteroatoms. The Bertz CT molecular complexity index is 1110. The molecule has 2 rings (SSSR count). The average Bonchev–Trinajstić information content (AvgIpc) is 2.76. The molecule has 0 aliphatic rings. The van der Waals surface area contributed by atoms with E-state index in [1.807, 2.05) is 32.9 Å². The largest absolute Gasteiger partial charge is 0.352 e. The van der Waals surface area contributed by atoms with Gasteiger partial charge >= 0.3 is 0 Å². The molecular formula is C25H33Cl2N3O4S. The van der Waals surface area contributed by atoms with E-state index in [0.29, 0.717) is 22.2 Å². The van der Waals surface area contributed by atoms with E-state index in [2.05, 4.69) is 5.32 Å². The molecule has 2 amide bonds. The van der Waals surface area contributed by atoms with Crippen molar-refractivity contribution in [2.75, 3.05) is 17.1 Å². The zero-order chi connectivity index (χ0) is 26.2. The van der Waals surface area contributed by atoms with Crippen LogP contribution in [0, 0.1) is 0 Å². The fourth-order valence-electron chi connectivity index (χ4n) is 3.72. The lowest BCUT2D eigenvalue weighted by molar-refractivity contribution is -0.141. The van der Waals surface area contributed by atoms with Gasteiger partial charge in [0.1, 0.15) is 6.04 Å². The molecule has 0 unspecified atom stereocenters. The quantitative estimate of drug-likeness (QED) is 0.415. The van der Waals surface area contributed by atoms with Gasteiger partial charge in [-0.1, -0.05) is 48.3 Å². The predicted molar refractivity (Wildman–Crippen MR) is 142 cm³/mol. The highest BCUT2D eigenvalue weighted by Gasteiger charge is 2.29. The molecule has 192 valence electrons. The van der Waals surface area contributed by atoms with Crippen molar-refractivity contribution in [2.45, 2.75) is 58.7 Å². The first-order valence-corrected chi connectivity index (χ1v) is 14.1. The van der Waals surface area contributed by atoms with Crippen molar-refractivity contribution in [3.8, 4) is 0 Å². The predicted octanol–water partition coefficient (Wildman–Crippen LogP) is 4.87. The highest BCUT2D eigenvalue weighted by molar-refractivity contribution is 7.92. The number of benzene rings is 2. The summed E-state index contributed by atoms with van der Waals surface area (Å²) in [5.74, 6) is -0.452. The summed E-state index contributed by atoms with van der Waals surface area (Å²) in [5.41, 5.74) is 1.28. The van der Waals surface area contributed by atoms with Gasteiger partial charge in [0.2, 0.25) is 21.8 Å². The van der Waals surface area contributed by atoms with Gasteiger partial charge in [-0.05, 0) is 62.6 Å². The minimum absolute atomic E-state index is 0.0648. The molecule has 2 aromatic rings. The van der Waals surface area contributed by atoms with Gasteiger partial charge in [0.05, 0.1) is 11.9 Å². The lowest BCUT2D eigenvalue weighted by Crippen LogP contribution is -2.50. The maximum absolute atomic E-state index is 13.4. The summed E-state index contributed by atoms with van der Waals surface area (Å²) in [6, 6.07) is 13.0. The van der Waals surface area contributed by atoms with Gasteiger partial charge in [-0.3, -0.25) is 13.9 Å². The second-order valence-electron chi connectivity index (χ2n) is 8.65. The van der Waals surface area contributed by atoms with Gasteiger partial charge in [-0.25, -0.2) is 8.42 Å². The van der Waals surface area contributed by atoms with E-state index in [4.69, 9.17) is 23.2 Å². The Balaban J connectivity index is 2.21. The molecule has 0 saturated carbocycles. The SMILES string of the molecule is CC[C@H](C(=O)NC(C)C)N(Cc1ccc(Cl)cc1)C(=O)CCCN(c1cccc(Cl)c1)S(C)(=O)=O. The number of anilines is 1. The summed E-state index contributed by atoms with van der Waals surface area (Å²) in [5, 5.41) is 3.89. The van der Waals surface area contributed by atoms with E-state index in [1.54, 1.807) is 41.3 Å². The number of halogens is 2. The monoisotopic (exact) mass is 541 g/mol. The van der Waals surface area contributed by atoms with Crippen molar-refractivity contribution < 1.29 is 18.0 Å². The van der Waals surface area contributed by atoms with Gasteiger partial charge in [-0.15, -0.1) is 0 Å². The molecule has 0 aromatic heterocycles. The third kappa shape index (κ3) is 9.02. The van der Waals surface area contributed by atoms with Gasteiger partial charge in [0.15, 0.2) is 0 Å². The maximum atomic E-state index is 13.4. The maximum Gasteiger partial charge on any atom is 0.243 e. The van der Waals surface area contributed by atoms with Crippen LogP contribution in [0.1, 0.15) is 45.6 Å². The second kappa shape index (κ2) is 13.1. The molecule has 7 nitrogen and oxygen atoms in total. The highest BCUT2D eigenvalue weighted by Crippen LogP contribution is 2.23. The molecule has 0 fully saturated rings. The minimum atomic E-state index is -3.58. The summed E-state index contributed by atoms with van der Waals surface area (Å²) >= 11 is 12.0. The third-order valence-electron chi connectivity index (χ3n) is 5.33. The highest BCUT2D eigenvalue weighted by atomic mass is 35.5. The van der Waals surface area contributed by atoms with Crippen LogP contribution in [0.25, 0.3) is 0 Å². The topological polar surface area (TPSA) is 86.8 Å². The van der Waals surface area contributed by atoms with Crippen LogP contribution in [0.5, 0.6) is 0 Å². The summed E-state index contributed by atoms with van der Waals surface area (Å²) < 4.78 is 26.0. The molecule has 1 atom stereocenters. The number of nitrogens with zero attached hydrogens (tertiary/aromatic N) is 2. The van der Waals surface area contributed by atoms with E-state index in [-0.39, 0.29) is 43.8 Å². The Labute approximate surface area is 218 Å². The number of amides is 2. The number of hydrogen-bond acceptors (Lipinski definition) is 4. The van der Waals surface area contributed by atoms with Crippen LogP contribution in [0.4, 0.5) is 5.69 Å². The van der Waals surface area contributed by atoms with E-state index in [0.717, 1.165) is 11.8 Å². The third-order valence-corrected chi connectivity index (χ3v) is 7.01. The molecule has 2 aromatic carbocycles.